The lowest BCUT2D eigenvalue weighted by Gasteiger charge is -2.24. The lowest BCUT2D eigenvalue weighted by atomic mass is 9.84. The molecule has 1 unspecified atom stereocenters. The molecule has 530 valence electrons. The molecule has 0 bridgehead atoms. The number of fused-ring (bicyclic) bond motifs is 12. The van der Waals surface area contributed by atoms with Crippen molar-refractivity contribution >= 4 is 88.0 Å². The Balaban J connectivity index is 0.692. The molecule has 113 heavy (non-hydrogen) atoms. The fourth-order valence-electron chi connectivity index (χ4n) is 17.5. The second-order valence-corrected chi connectivity index (χ2v) is 29.4. The van der Waals surface area contributed by atoms with Gasteiger partial charge in [0.15, 0.2) is 34.9 Å². The fourth-order valence-corrected chi connectivity index (χ4v) is 17.5. The molecule has 10 nitrogen and oxygen atoms in total. The number of hydrogen-bond acceptors (Lipinski definition) is 6. The molecule has 0 aliphatic heterocycles. The van der Waals surface area contributed by atoms with Crippen molar-refractivity contribution in [2.45, 2.75) is 19.3 Å². The van der Waals surface area contributed by atoms with Gasteiger partial charge >= 0.3 is 0 Å². The SMILES string of the molecule is CC1CC(c2ccc3c4ccccc4n(-c4cccc(-c5nc(-c6ccccc6)nc(-c6ccccc6)n5)c4)c3c2)=Cc2c1n(-c1ccccc1)c1cc(-c3ccc4c(c3)c3c(-c5ccc6c(c5)c5ccccc5n6-c5ccccc5)cccc3n4-c3cccc(-c4nc(-c5ccccc5)nc(-c5ccccc5)n4)c3)ccc21. The van der Waals surface area contributed by atoms with Crippen LogP contribution in [0, 0.1) is 0 Å². The minimum Gasteiger partial charge on any atom is -0.313 e. The van der Waals surface area contributed by atoms with Crippen molar-refractivity contribution in [2.24, 2.45) is 0 Å². The highest BCUT2D eigenvalue weighted by Crippen LogP contribution is 2.48. The second kappa shape index (κ2) is 26.7. The van der Waals surface area contributed by atoms with E-state index in [0.29, 0.717) is 34.9 Å². The maximum Gasteiger partial charge on any atom is 0.164 e. The van der Waals surface area contributed by atoms with Gasteiger partial charge in [-0.2, -0.15) is 0 Å². The van der Waals surface area contributed by atoms with E-state index in [2.05, 4.69) is 329 Å². The molecular formula is C103H68N10. The highest BCUT2D eigenvalue weighted by Gasteiger charge is 2.29. The second-order valence-electron chi connectivity index (χ2n) is 29.4. The molecule has 0 saturated carbocycles. The number of nitrogens with zero attached hydrogens (tertiary/aromatic N) is 10. The molecule has 0 spiro atoms. The maximum absolute atomic E-state index is 5.21. The Morgan fingerprint density at radius 3 is 1.14 bits per heavy atom. The predicted molar refractivity (Wildman–Crippen MR) is 464 cm³/mol. The van der Waals surface area contributed by atoms with Crippen LogP contribution < -0.4 is 0 Å². The monoisotopic (exact) mass is 1440 g/mol. The summed E-state index contributed by atoms with van der Waals surface area (Å²) in [5.74, 6) is 3.86. The highest BCUT2D eigenvalue weighted by molar-refractivity contribution is 6.19. The molecule has 1 atom stereocenters. The topological polar surface area (TPSA) is 97.1 Å². The van der Waals surface area contributed by atoms with E-state index in [1.165, 1.54) is 54.8 Å². The Kier molecular flexibility index (Phi) is 15.4. The van der Waals surface area contributed by atoms with E-state index in [1.54, 1.807) is 0 Å². The van der Waals surface area contributed by atoms with Crippen molar-refractivity contribution in [3.05, 3.63) is 387 Å². The van der Waals surface area contributed by atoms with Crippen LogP contribution in [-0.4, -0.2) is 48.2 Å². The molecule has 22 rings (SSSR count). The zero-order valence-corrected chi connectivity index (χ0v) is 61.6. The van der Waals surface area contributed by atoms with Gasteiger partial charge in [0.1, 0.15) is 0 Å². The van der Waals surface area contributed by atoms with E-state index < -0.39 is 0 Å². The molecule has 15 aromatic carbocycles. The van der Waals surface area contributed by atoms with Crippen LogP contribution in [0.3, 0.4) is 0 Å². The van der Waals surface area contributed by atoms with Gasteiger partial charge in [0.05, 0.1) is 38.6 Å². The Labute approximate surface area is 651 Å². The van der Waals surface area contributed by atoms with E-state index in [0.717, 1.165) is 129 Å². The number of rotatable bonds is 13. The average molecular weight is 1450 g/mol. The van der Waals surface area contributed by atoms with Crippen molar-refractivity contribution in [2.75, 3.05) is 0 Å². The van der Waals surface area contributed by atoms with Crippen LogP contribution in [0.4, 0.5) is 0 Å². The minimum atomic E-state index is 0.164. The normalized spacial score (nSPS) is 12.9. The first-order chi connectivity index (χ1) is 55.9. The van der Waals surface area contributed by atoms with Gasteiger partial charge in [-0.25, -0.2) is 29.9 Å². The largest absolute Gasteiger partial charge is 0.313 e. The first kappa shape index (κ1) is 65.1. The van der Waals surface area contributed by atoms with Crippen LogP contribution in [0.2, 0.25) is 0 Å². The molecule has 0 N–H and O–H groups in total. The maximum atomic E-state index is 5.21. The summed E-state index contributed by atoms with van der Waals surface area (Å²) >= 11 is 0. The van der Waals surface area contributed by atoms with Crippen LogP contribution in [0.5, 0.6) is 0 Å². The van der Waals surface area contributed by atoms with E-state index in [4.69, 9.17) is 29.9 Å². The van der Waals surface area contributed by atoms with E-state index in [-0.39, 0.29) is 5.92 Å². The summed E-state index contributed by atoms with van der Waals surface area (Å²) in [6.07, 6.45) is 3.34. The van der Waals surface area contributed by atoms with E-state index >= 15 is 0 Å². The Morgan fingerprint density at radius 1 is 0.230 bits per heavy atom. The third-order valence-electron chi connectivity index (χ3n) is 22.7. The molecule has 0 fully saturated rings. The van der Waals surface area contributed by atoms with Gasteiger partial charge in [0, 0.05) is 111 Å². The van der Waals surface area contributed by atoms with Gasteiger partial charge in [-0.1, -0.05) is 274 Å². The lowest BCUT2D eigenvalue weighted by Crippen LogP contribution is -2.09. The quantitative estimate of drug-likeness (QED) is 0.114. The summed E-state index contributed by atoms with van der Waals surface area (Å²) < 4.78 is 9.77. The molecule has 0 amide bonds. The Bertz CT molecular complexity index is 7270. The summed E-state index contributed by atoms with van der Waals surface area (Å²) in [7, 11) is 0. The summed E-state index contributed by atoms with van der Waals surface area (Å²) in [5.41, 5.74) is 27.3. The van der Waals surface area contributed by atoms with Gasteiger partial charge in [0.2, 0.25) is 0 Å². The summed E-state index contributed by atoms with van der Waals surface area (Å²) in [6.45, 7) is 2.41. The van der Waals surface area contributed by atoms with Crippen molar-refractivity contribution in [3.63, 3.8) is 0 Å². The first-order valence-electron chi connectivity index (χ1n) is 38.5. The van der Waals surface area contributed by atoms with Crippen molar-refractivity contribution in [3.8, 4) is 113 Å². The third kappa shape index (κ3) is 11.1. The average Bonchev–Trinajstić information content (AvgIpc) is 1.58. The van der Waals surface area contributed by atoms with Crippen LogP contribution in [-0.2, 0) is 0 Å². The van der Waals surface area contributed by atoms with Gasteiger partial charge in [-0.3, -0.25) is 0 Å². The van der Waals surface area contributed by atoms with E-state index in [1.807, 2.05) is 72.8 Å². The molecule has 0 saturated heterocycles. The predicted octanol–water partition coefficient (Wildman–Crippen LogP) is 25.7. The first-order valence-corrected chi connectivity index (χ1v) is 38.5. The summed E-state index contributed by atoms with van der Waals surface area (Å²) in [5, 5.41) is 8.30. The van der Waals surface area contributed by atoms with Gasteiger partial charge in [0.25, 0.3) is 0 Å². The number of hydrogen-bond donors (Lipinski definition) is 0. The molecule has 6 aromatic heterocycles. The zero-order chi connectivity index (χ0) is 74.6. The third-order valence-corrected chi connectivity index (χ3v) is 22.7. The van der Waals surface area contributed by atoms with Crippen LogP contribution in [0.25, 0.3) is 201 Å². The molecular weight excluding hydrogens is 1380 g/mol. The molecule has 1 aliphatic rings. The number of allylic oxidation sites excluding steroid dienone is 1. The van der Waals surface area contributed by atoms with Crippen LogP contribution in [0.15, 0.2) is 370 Å². The fraction of sp³-hybridized carbons (Fsp3) is 0.0291. The molecule has 21 aromatic rings. The van der Waals surface area contributed by atoms with Gasteiger partial charge < -0.3 is 18.3 Å². The lowest BCUT2D eigenvalue weighted by molar-refractivity contribution is 0.733. The smallest absolute Gasteiger partial charge is 0.164 e. The summed E-state index contributed by atoms with van der Waals surface area (Å²) in [4.78, 5) is 30.8. The number of aromatic nitrogens is 10. The Hall–Kier alpha value is -15.0. The van der Waals surface area contributed by atoms with Gasteiger partial charge in [-0.05, 0) is 149 Å². The van der Waals surface area contributed by atoms with Crippen LogP contribution >= 0.6 is 0 Å². The molecule has 1 aliphatic carbocycles. The van der Waals surface area contributed by atoms with Crippen molar-refractivity contribution in [1.29, 1.82) is 0 Å². The molecule has 0 radical (unpaired) electrons. The standard InChI is InChI=1S/C103H68N10/c1-65-57-76(72-50-53-84-82-43-20-22-46-89(82)112(94(84)64-72)80-42-25-36-75(59-80)103-108-100(68-31-12-4-13-32-68)105-101(109-103)69-33-14-5-15-34-69)62-87-85-54-49-71(63-95(85)113(97(65)87)78-39-18-7-19-40-78)70-51-55-92-88(60-70)96-81(73-52-56-91-86(61-73)83-44-21-23-47-90(83)110(91)77-37-16-6-17-38-77)45-26-48-93(96)111(92)79-41-24-35-74(58-79)102-106-98(66-27-8-2-9-28-66)104-99(107-102)67-29-10-3-11-30-67/h2-56,58-65H,57H2,1H3. The Morgan fingerprint density at radius 2 is 0.584 bits per heavy atom. The van der Waals surface area contributed by atoms with E-state index in [9.17, 15) is 0 Å². The minimum absolute atomic E-state index is 0.164. The summed E-state index contributed by atoms with van der Waals surface area (Å²) in [6, 6.07) is 132. The zero-order valence-electron chi connectivity index (χ0n) is 61.6. The molecule has 6 heterocycles. The molecule has 10 heteroatoms. The van der Waals surface area contributed by atoms with Crippen molar-refractivity contribution in [1.82, 2.24) is 48.2 Å². The van der Waals surface area contributed by atoms with Crippen LogP contribution in [0.1, 0.15) is 36.1 Å². The van der Waals surface area contributed by atoms with Gasteiger partial charge in [-0.15, -0.1) is 0 Å². The highest BCUT2D eigenvalue weighted by atomic mass is 15.1. The van der Waals surface area contributed by atoms with Crippen molar-refractivity contribution < 1.29 is 0 Å². The number of para-hydroxylation sites is 4. The number of benzene rings is 15.